The monoisotopic (exact) mass is 111 g/mol. The third-order valence-electron chi connectivity index (χ3n) is 1.58. The highest BCUT2D eigenvalue weighted by atomic mass is 15.0. The molecule has 1 nitrogen and oxygen atoms in total. The van der Waals surface area contributed by atoms with Gasteiger partial charge in [-0.1, -0.05) is 0 Å². The summed E-state index contributed by atoms with van der Waals surface area (Å²) in [7, 11) is 0. The fourth-order valence-electron chi connectivity index (χ4n) is 1.03. The molecule has 1 heterocycles. The van der Waals surface area contributed by atoms with Crippen LogP contribution in [0, 0.1) is 13.8 Å². The lowest BCUT2D eigenvalue weighted by molar-refractivity contribution is 0.370. The van der Waals surface area contributed by atoms with Crippen molar-refractivity contribution >= 4 is 0 Å². The Hall–Kier alpha value is -0.170. The Kier molecular flexibility index (Phi) is 1.47. The van der Waals surface area contributed by atoms with Crippen LogP contribution in [0.4, 0.5) is 0 Å². The second-order valence-corrected chi connectivity index (χ2v) is 2.66. The van der Waals surface area contributed by atoms with Crippen molar-refractivity contribution in [2.75, 3.05) is 6.54 Å². The molecule has 0 aromatic carbocycles. The van der Waals surface area contributed by atoms with E-state index < -0.39 is 0 Å². The Morgan fingerprint density at radius 2 is 2.25 bits per heavy atom. The molecule has 1 fully saturated rings. The first kappa shape index (κ1) is 5.96. The Morgan fingerprint density at radius 3 is 2.50 bits per heavy atom. The molecular formula is C7H13N+. The van der Waals surface area contributed by atoms with Crippen LogP contribution in [0.1, 0.15) is 19.3 Å². The van der Waals surface area contributed by atoms with Crippen molar-refractivity contribution in [2.24, 2.45) is 0 Å². The Morgan fingerprint density at radius 1 is 1.50 bits per heavy atom. The average Bonchev–Trinajstić information content (AvgIpc) is 1.65. The highest BCUT2D eigenvalue weighted by molar-refractivity contribution is 4.95. The molecule has 0 saturated carbocycles. The van der Waals surface area contributed by atoms with Gasteiger partial charge in [-0.3, -0.25) is 5.32 Å². The average molecular weight is 111 g/mol. The molecule has 0 spiro atoms. The van der Waals surface area contributed by atoms with Crippen LogP contribution in [0.25, 0.3) is 0 Å². The van der Waals surface area contributed by atoms with E-state index in [2.05, 4.69) is 19.2 Å². The summed E-state index contributed by atoms with van der Waals surface area (Å²) in [6, 6.07) is 0. The highest BCUT2D eigenvalue weighted by Crippen LogP contribution is 2.15. The number of hydrogen-bond acceptors (Lipinski definition) is 1. The molecule has 1 N–H and O–H groups in total. The lowest BCUT2D eigenvalue weighted by Gasteiger charge is -2.23. The van der Waals surface area contributed by atoms with Gasteiger partial charge in [0.2, 0.25) is 0 Å². The molecule has 1 aliphatic heterocycles. The van der Waals surface area contributed by atoms with Gasteiger partial charge < -0.3 is 0 Å². The molecule has 0 atom stereocenters. The predicted octanol–water partition coefficient (Wildman–Crippen LogP) is 1.17. The lowest BCUT2D eigenvalue weighted by Crippen LogP contribution is -2.43. The Bertz CT molecular complexity index is 68.5. The smallest absolute Gasteiger partial charge is 0.156 e. The topological polar surface area (TPSA) is 12.0 Å². The van der Waals surface area contributed by atoms with Crippen LogP contribution >= 0.6 is 0 Å². The van der Waals surface area contributed by atoms with Gasteiger partial charge in [0.15, 0.2) is 5.54 Å². The maximum atomic E-state index is 3.91. The van der Waals surface area contributed by atoms with Gasteiger partial charge in [0, 0.05) is 13.3 Å². The van der Waals surface area contributed by atoms with Crippen LogP contribution in [0.15, 0.2) is 0 Å². The van der Waals surface area contributed by atoms with Gasteiger partial charge >= 0.3 is 0 Å². The van der Waals surface area contributed by atoms with Crippen LogP contribution in [0.3, 0.4) is 0 Å². The molecule has 0 unspecified atom stereocenters. The van der Waals surface area contributed by atoms with Crippen molar-refractivity contribution in [1.82, 2.24) is 5.32 Å². The predicted molar refractivity (Wildman–Crippen MR) is 35.3 cm³/mol. The normalized spacial score (nSPS) is 39.6. The number of rotatable bonds is 0. The van der Waals surface area contributed by atoms with Crippen molar-refractivity contribution in [2.45, 2.75) is 24.8 Å². The van der Waals surface area contributed by atoms with Gasteiger partial charge in [-0.05, 0) is 19.4 Å². The molecule has 1 aliphatic rings. The summed E-state index contributed by atoms with van der Waals surface area (Å²) in [5, 5.41) is 3.24. The number of hydrogen-bond donors (Lipinski definition) is 1. The molecule has 45 valence electrons. The van der Waals surface area contributed by atoms with E-state index in [1.807, 2.05) is 0 Å². The van der Waals surface area contributed by atoms with Gasteiger partial charge in [0.1, 0.15) is 0 Å². The first-order valence-corrected chi connectivity index (χ1v) is 3.16. The summed E-state index contributed by atoms with van der Waals surface area (Å²) in [5.41, 5.74) is -0.0712. The van der Waals surface area contributed by atoms with Crippen LogP contribution in [0.2, 0.25) is 0 Å². The SMILES string of the molecule is [CH2]C1([CH2+])CCCCN1. The standard InChI is InChI=1S/C7H13N/c1-7(2)5-3-4-6-8-7/h8H,1-6H2/q+1. The van der Waals surface area contributed by atoms with Crippen molar-refractivity contribution in [3.05, 3.63) is 13.8 Å². The summed E-state index contributed by atoms with van der Waals surface area (Å²) in [6.07, 6.45) is 3.68. The molecule has 0 aliphatic carbocycles. The zero-order valence-corrected chi connectivity index (χ0v) is 5.24. The van der Waals surface area contributed by atoms with E-state index in [0.29, 0.717) is 0 Å². The molecular weight excluding hydrogens is 98.1 g/mol. The second kappa shape index (κ2) is 1.98. The fourth-order valence-corrected chi connectivity index (χ4v) is 1.03. The van der Waals surface area contributed by atoms with E-state index in [4.69, 9.17) is 0 Å². The molecule has 8 heavy (non-hydrogen) atoms. The molecule has 0 bridgehead atoms. The summed E-state index contributed by atoms with van der Waals surface area (Å²) in [6.45, 7) is 8.90. The minimum atomic E-state index is -0.0712. The van der Waals surface area contributed by atoms with Crippen LogP contribution in [0.5, 0.6) is 0 Å². The lowest BCUT2D eigenvalue weighted by atomic mass is 9.93. The molecule has 0 amide bonds. The largest absolute Gasteiger partial charge is 0.274 e. The highest BCUT2D eigenvalue weighted by Gasteiger charge is 2.26. The maximum Gasteiger partial charge on any atom is 0.156 e. The quantitative estimate of drug-likeness (QED) is 0.463. The van der Waals surface area contributed by atoms with E-state index >= 15 is 0 Å². The van der Waals surface area contributed by atoms with E-state index in [0.717, 1.165) is 13.0 Å². The first-order valence-electron chi connectivity index (χ1n) is 3.16. The van der Waals surface area contributed by atoms with E-state index in [1.165, 1.54) is 12.8 Å². The zero-order chi connectivity index (χ0) is 6.04. The molecule has 0 aromatic heterocycles. The second-order valence-electron chi connectivity index (χ2n) is 2.66. The number of piperidine rings is 1. The summed E-state index contributed by atoms with van der Waals surface area (Å²) in [5.74, 6) is 0. The van der Waals surface area contributed by atoms with Gasteiger partial charge in [0.05, 0.1) is 6.92 Å². The van der Waals surface area contributed by atoms with Crippen molar-refractivity contribution in [3.63, 3.8) is 0 Å². The summed E-state index contributed by atoms with van der Waals surface area (Å²) in [4.78, 5) is 0. The van der Waals surface area contributed by atoms with Crippen molar-refractivity contribution in [1.29, 1.82) is 0 Å². The Balaban J connectivity index is 2.33. The Labute approximate surface area is 51.5 Å². The minimum absolute atomic E-state index is 0.0712. The molecule has 1 rings (SSSR count). The fraction of sp³-hybridized carbons (Fsp3) is 0.714. The van der Waals surface area contributed by atoms with E-state index in [-0.39, 0.29) is 5.54 Å². The van der Waals surface area contributed by atoms with Gasteiger partial charge in [-0.15, -0.1) is 0 Å². The van der Waals surface area contributed by atoms with Crippen molar-refractivity contribution < 1.29 is 0 Å². The van der Waals surface area contributed by atoms with E-state index in [1.54, 1.807) is 0 Å². The first-order chi connectivity index (χ1) is 3.71. The molecule has 1 saturated heterocycles. The number of nitrogens with one attached hydrogen (secondary N) is 1. The summed E-state index contributed by atoms with van der Waals surface area (Å²) < 4.78 is 0. The third-order valence-corrected chi connectivity index (χ3v) is 1.58. The van der Waals surface area contributed by atoms with Gasteiger partial charge in [-0.25, -0.2) is 0 Å². The molecule has 1 heteroatoms. The third kappa shape index (κ3) is 1.41. The van der Waals surface area contributed by atoms with Gasteiger partial charge in [-0.2, -0.15) is 0 Å². The minimum Gasteiger partial charge on any atom is -0.274 e. The van der Waals surface area contributed by atoms with Crippen LogP contribution in [-0.2, 0) is 0 Å². The molecule has 1 radical (unpaired) electrons. The van der Waals surface area contributed by atoms with Crippen LogP contribution < -0.4 is 5.32 Å². The zero-order valence-electron chi connectivity index (χ0n) is 5.24. The van der Waals surface area contributed by atoms with E-state index in [9.17, 15) is 0 Å². The summed E-state index contributed by atoms with van der Waals surface area (Å²) >= 11 is 0. The van der Waals surface area contributed by atoms with Crippen molar-refractivity contribution in [3.8, 4) is 0 Å². The van der Waals surface area contributed by atoms with Crippen LogP contribution in [-0.4, -0.2) is 12.1 Å². The molecule has 0 aromatic rings. The van der Waals surface area contributed by atoms with Gasteiger partial charge in [0.25, 0.3) is 0 Å². The maximum absolute atomic E-state index is 3.91.